The van der Waals surface area contributed by atoms with Crippen LogP contribution in [0.5, 0.6) is 0 Å². The molecule has 1 aromatic rings. The molecule has 2 amide bonds. The monoisotopic (exact) mass is 369 g/mol. The van der Waals surface area contributed by atoms with Gasteiger partial charge in [-0.1, -0.05) is 11.8 Å². The van der Waals surface area contributed by atoms with Crippen LogP contribution in [0.2, 0.25) is 0 Å². The lowest BCUT2D eigenvalue weighted by molar-refractivity contribution is -0.219. The van der Waals surface area contributed by atoms with Crippen molar-refractivity contribution >= 4 is 11.8 Å². The standard InChI is InChI=1S/C15H23N5O6/c1-3-11(23)16-5-4-9-6-20(19-18-9)15-12(17-8(2)22)14(25)13(24)10(7-21)26-15/h3,6,10,12-15,21,24-25H,1,4-5,7H2,2H3,(H,16,23)(H,17,22)/t10-,12-,13-,14-,15-/m1/s1. The number of hydrogen-bond donors (Lipinski definition) is 5. The summed E-state index contributed by atoms with van der Waals surface area (Å²) in [4.78, 5) is 22.6. The third-order valence-electron chi connectivity index (χ3n) is 3.95. The van der Waals surface area contributed by atoms with Gasteiger partial charge < -0.3 is 30.7 Å². The lowest BCUT2D eigenvalue weighted by atomic mass is 9.96. The molecule has 0 unspecified atom stereocenters. The lowest BCUT2D eigenvalue weighted by Crippen LogP contribution is -2.62. The molecule has 1 aliphatic heterocycles. The second-order valence-electron chi connectivity index (χ2n) is 5.89. The first-order valence-corrected chi connectivity index (χ1v) is 8.08. The van der Waals surface area contributed by atoms with E-state index in [4.69, 9.17) is 4.74 Å². The zero-order valence-corrected chi connectivity index (χ0v) is 14.3. The van der Waals surface area contributed by atoms with E-state index in [1.54, 1.807) is 6.20 Å². The van der Waals surface area contributed by atoms with Gasteiger partial charge in [0.05, 0.1) is 18.5 Å². The number of aliphatic hydroxyl groups excluding tert-OH is 3. The van der Waals surface area contributed by atoms with Gasteiger partial charge in [-0.15, -0.1) is 5.10 Å². The van der Waals surface area contributed by atoms with Crippen LogP contribution < -0.4 is 10.6 Å². The number of carbonyl (C=O) groups excluding carboxylic acids is 2. The van der Waals surface area contributed by atoms with Gasteiger partial charge in [-0.3, -0.25) is 9.59 Å². The highest BCUT2D eigenvalue weighted by Crippen LogP contribution is 2.28. The number of nitrogens with one attached hydrogen (secondary N) is 2. The molecule has 0 bridgehead atoms. The van der Waals surface area contributed by atoms with Crippen molar-refractivity contribution in [3.05, 3.63) is 24.5 Å². The molecule has 0 saturated carbocycles. The molecule has 26 heavy (non-hydrogen) atoms. The van der Waals surface area contributed by atoms with Gasteiger partial charge in [0.2, 0.25) is 11.8 Å². The van der Waals surface area contributed by atoms with Crippen molar-refractivity contribution in [2.24, 2.45) is 0 Å². The third kappa shape index (κ3) is 4.64. The van der Waals surface area contributed by atoms with Gasteiger partial charge in [-0.05, 0) is 6.08 Å². The summed E-state index contributed by atoms with van der Waals surface area (Å²) in [6, 6.07) is -0.986. The van der Waals surface area contributed by atoms with Crippen LogP contribution in [-0.2, 0) is 20.7 Å². The maximum absolute atomic E-state index is 11.4. The minimum absolute atomic E-state index is 0.304. The van der Waals surface area contributed by atoms with Crippen LogP contribution >= 0.6 is 0 Å². The molecule has 5 N–H and O–H groups in total. The molecule has 11 heteroatoms. The molecule has 0 spiro atoms. The van der Waals surface area contributed by atoms with Crippen molar-refractivity contribution in [1.82, 2.24) is 25.6 Å². The molecule has 1 aliphatic rings. The van der Waals surface area contributed by atoms with E-state index in [2.05, 4.69) is 27.5 Å². The number of carbonyl (C=O) groups is 2. The maximum atomic E-state index is 11.4. The van der Waals surface area contributed by atoms with Crippen molar-refractivity contribution in [2.75, 3.05) is 13.2 Å². The number of aromatic nitrogens is 3. The second-order valence-corrected chi connectivity index (χ2v) is 5.89. The molecule has 1 aromatic heterocycles. The fourth-order valence-corrected chi connectivity index (χ4v) is 2.65. The Kier molecular flexibility index (Phi) is 6.80. The van der Waals surface area contributed by atoms with Crippen LogP contribution in [0.4, 0.5) is 0 Å². The van der Waals surface area contributed by atoms with E-state index in [9.17, 15) is 24.9 Å². The summed E-state index contributed by atoms with van der Waals surface area (Å²) in [5.41, 5.74) is 0.542. The van der Waals surface area contributed by atoms with E-state index in [-0.39, 0.29) is 5.91 Å². The Morgan fingerprint density at radius 1 is 1.42 bits per heavy atom. The molecule has 0 aromatic carbocycles. The summed E-state index contributed by atoms with van der Waals surface area (Å²) in [5, 5.41) is 42.6. The van der Waals surface area contributed by atoms with Crippen LogP contribution in [0.25, 0.3) is 0 Å². The average molecular weight is 369 g/mol. The molecular formula is C15H23N5O6. The van der Waals surface area contributed by atoms with E-state index in [1.807, 2.05) is 0 Å². The minimum Gasteiger partial charge on any atom is -0.394 e. The quantitative estimate of drug-likeness (QED) is 0.323. The fourth-order valence-electron chi connectivity index (χ4n) is 2.65. The molecule has 144 valence electrons. The Bertz CT molecular complexity index is 650. The van der Waals surface area contributed by atoms with E-state index in [0.717, 1.165) is 6.08 Å². The fraction of sp³-hybridized carbons (Fsp3) is 0.600. The summed E-state index contributed by atoms with van der Waals surface area (Å²) in [5.74, 6) is -0.730. The molecule has 11 nitrogen and oxygen atoms in total. The predicted octanol–water partition coefficient (Wildman–Crippen LogP) is -2.76. The zero-order valence-electron chi connectivity index (χ0n) is 14.3. The Labute approximate surface area is 149 Å². The summed E-state index contributed by atoms with van der Waals surface area (Å²) >= 11 is 0. The predicted molar refractivity (Wildman–Crippen MR) is 87.5 cm³/mol. The number of hydrogen-bond acceptors (Lipinski definition) is 8. The number of ether oxygens (including phenoxy) is 1. The lowest BCUT2D eigenvalue weighted by Gasteiger charge is -2.42. The molecule has 0 aliphatic carbocycles. The van der Waals surface area contributed by atoms with Crippen LogP contribution in [0, 0.1) is 0 Å². The molecule has 2 rings (SSSR count). The van der Waals surface area contributed by atoms with Crippen LogP contribution in [0.1, 0.15) is 18.8 Å². The van der Waals surface area contributed by atoms with Crippen molar-refractivity contribution in [1.29, 1.82) is 0 Å². The number of aliphatic hydroxyl groups is 3. The van der Waals surface area contributed by atoms with Crippen LogP contribution in [-0.4, -0.2) is 79.6 Å². The van der Waals surface area contributed by atoms with Crippen molar-refractivity contribution in [3.8, 4) is 0 Å². The first-order chi connectivity index (χ1) is 12.4. The molecule has 2 heterocycles. The number of rotatable bonds is 7. The Morgan fingerprint density at radius 2 is 2.15 bits per heavy atom. The topological polar surface area (TPSA) is 159 Å². The van der Waals surface area contributed by atoms with Crippen LogP contribution in [0.15, 0.2) is 18.9 Å². The highest BCUT2D eigenvalue weighted by molar-refractivity contribution is 5.86. The average Bonchev–Trinajstić information content (AvgIpc) is 3.07. The summed E-state index contributed by atoms with van der Waals surface area (Å²) in [6.07, 6.45) is -1.66. The Hall–Kier alpha value is -2.34. The largest absolute Gasteiger partial charge is 0.394 e. The normalized spacial score (nSPS) is 28.4. The van der Waals surface area contributed by atoms with Gasteiger partial charge in [0, 0.05) is 19.9 Å². The van der Waals surface area contributed by atoms with Gasteiger partial charge in [0.15, 0.2) is 6.23 Å². The molecule has 1 saturated heterocycles. The van der Waals surface area contributed by atoms with Crippen molar-refractivity contribution in [3.63, 3.8) is 0 Å². The maximum Gasteiger partial charge on any atom is 0.243 e. The highest BCUT2D eigenvalue weighted by atomic mass is 16.5. The zero-order chi connectivity index (χ0) is 19.3. The number of amides is 2. The van der Waals surface area contributed by atoms with Crippen LogP contribution in [0.3, 0.4) is 0 Å². The van der Waals surface area contributed by atoms with Crippen molar-refractivity contribution < 1.29 is 29.6 Å². The minimum atomic E-state index is -1.37. The molecule has 1 fully saturated rings. The van der Waals surface area contributed by atoms with E-state index < -0.39 is 43.1 Å². The second kappa shape index (κ2) is 8.85. The van der Waals surface area contributed by atoms with Gasteiger partial charge in [-0.25, -0.2) is 4.68 Å². The summed E-state index contributed by atoms with van der Waals surface area (Å²) < 4.78 is 6.89. The SMILES string of the molecule is C=CC(=O)NCCc1cn([C@@H]2O[C@H](CO)[C@@H](O)[C@H](O)[C@H]2NC(C)=O)nn1. The highest BCUT2D eigenvalue weighted by Gasteiger charge is 2.46. The van der Waals surface area contributed by atoms with E-state index in [0.29, 0.717) is 18.7 Å². The first-order valence-electron chi connectivity index (χ1n) is 8.08. The van der Waals surface area contributed by atoms with E-state index in [1.165, 1.54) is 11.6 Å². The Balaban J connectivity index is 2.13. The molecule has 5 atom stereocenters. The van der Waals surface area contributed by atoms with Gasteiger partial charge in [0.25, 0.3) is 0 Å². The van der Waals surface area contributed by atoms with Crippen molar-refractivity contribution in [2.45, 2.75) is 43.9 Å². The molecular weight excluding hydrogens is 346 g/mol. The van der Waals surface area contributed by atoms with Gasteiger partial charge in [-0.2, -0.15) is 0 Å². The number of nitrogens with zero attached hydrogens (tertiary/aromatic N) is 3. The summed E-state index contributed by atoms with van der Waals surface area (Å²) in [7, 11) is 0. The summed E-state index contributed by atoms with van der Waals surface area (Å²) in [6.45, 7) is 4.43. The van der Waals surface area contributed by atoms with E-state index >= 15 is 0 Å². The molecule has 0 radical (unpaired) electrons. The Morgan fingerprint density at radius 3 is 2.77 bits per heavy atom. The first kappa shape index (κ1) is 20.0. The smallest absolute Gasteiger partial charge is 0.243 e. The third-order valence-corrected chi connectivity index (χ3v) is 3.95. The van der Waals surface area contributed by atoms with Gasteiger partial charge in [0.1, 0.15) is 24.4 Å². The van der Waals surface area contributed by atoms with Gasteiger partial charge >= 0.3 is 0 Å².